The van der Waals surface area contributed by atoms with Crippen molar-refractivity contribution in [3.63, 3.8) is 0 Å². The molecule has 2 aromatic rings. The van der Waals surface area contributed by atoms with Gasteiger partial charge in [0.1, 0.15) is 0 Å². The first-order valence-corrected chi connectivity index (χ1v) is 7.97. The van der Waals surface area contributed by atoms with E-state index in [9.17, 15) is 0 Å². The Kier molecular flexibility index (Phi) is 7.72. The molecule has 1 nitrogen and oxygen atoms in total. The van der Waals surface area contributed by atoms with Crippen LogP contribution in [0.5, 0.6) is 0 Å². The summed E-state index contributed by atoms with van der Waals surface area (Å²) in [6.07, 6.45) is 5.54. The van der Waals surface area contributed by atoms with Gasteiger partial charge < -0.3 is 0 Å². The molecule has 0 saturated heterocycles. The maximum absolute atomic E-state index is 6.01. The predicted molar refractivity (Wildman–Crippen MR) is 89.7 cm³/mol. The average Bonchev–Trinajstić information content (AvgIpc) is 2.85. The zero-order chi connectivity index (χ0) is 13.1. The molecule has 1 aliphatic carbocycles. The molecule has 0 aromatic heterocycles. The second kappa shape index (κ2) is 8.77. The molecule has 0 atom stereocenters. The van der Waals surface area contributed by atoms with Crippen LogP contribution in [0.3, 0.4) is 0 Å². The number of rotatable bonds is 4. The smallest absolute Gasteiger partial charge is 0.147 e. The molecule has 3 rings (SSSR count). The third-order valence-electron chi connectivity index (χ3n) is 3.47. The second-order valence-corrected chi connectivity index (χ2v) is 6.51. The molecular formula is C17H18Cl2OTi. The fourth-order valence-electron chi connectivity index (χ4n) is 2.36. The van der Waals surface area contributed by atoms with Gasteiger partial charge in [0.05, 0.1) is 0 Å². The van der Waals surface area contributed by atoms with Crippen molar-refractivity contribution in [3.05, 3.63) is 69.6 Å². The molecule has 0 heterocycles. The summed E-state index contributed by atoms with van der Waals surface area (Å²) in [6, 6.07) is 14.9. The minimum Gasteiger partial charge on any atom is -0.147 e. The minimum absolute atomic E-state index is 0. The summed E-state index contributed by atoms with van der Waals surface area (Å²) in [7, 11) is 0. The summed E-state index contributed by atoms with van der Waals surface area (Å²) >= 11 is -0.424. The first-order chi connectivity index (χ1) is 9.34. The Morgan fingerprint density at radius 1 is 1.05 bits per heavy atom. The van der Waals surface area contributed by atoms with E-state index in [0.717, 1.165) is 13.0 Å². The topological polar surface area (TPSA) is 9.23 Å². The second-order valence-electron chi connectivity index (χ2n) is 4.80. The Bertz CT molecular complexity index is 659. The summed E-state index contributed by atoms with van der Waals surface area (Å²) in [5.41, 5.74) is 2.71. The van der Waals surface area contributed by atoms with Crippen LogP contribution in [0.4, 0.5) is 0 Å². The largest absolute Gasteiger partial charge is 0.147 e. The van der Waals surface area contributed by atoms with Crippen molar-refractivity contribution >= 4 is 35.6 Å². The molecule has 0 unspecified atom stereocenters. The molecule has 0 spiro atoms. The third kappa shape index (κ3) is 4.45. The van der Waals surface area contributed by atoms with E-state index in [4.69, 9.17) is 3.32 Å². The summed E-state index contributed by atoms with van der Waals surface area (Å²) in [6.45, 7) is 2.92. The number of hydrogen-bond donors (Lipinski definition) is 0. The molecule has 0 aliphatic heterocycles. The summed E-state index contributed by atoms with van der Waals surface area (Å²) in [5.74, 6) is 0. The van der Waals surface area contributed by atoms with Crippen molar-refractivity contribution in [2.24, 2.45) is 0 Å². The molecule has 0 amide bonds. The van der Waals surface area contributed by atoms with Crippen LogP contribution in [0.2, 0.25) is 0 Å². The Morgan fingerprint density at radius 2 is 1.81 bits per heavy atom. The van der Waals surface area contributed by atoms with E-state index in [0.29, 0.717) is 0 Å². The zero-order valence-electron chi connectivity index (χ0n) is 11.8. The van der Waals surface area contributed by atoms with Crippen LogP contribution >= 0.6 is 24.8 Å². The van der Waals surface area contributed by atoms with Crippen LogP contribution < -0.4 is 0 Å². The number of fused-ring (bicyclic) bond motifs is 1. The van der Waals surface area contributed by atoms with Crippen LogP contribution in [0.25, 0.3) is 10.8 Å². The molecular weight excluding hydrogens is 339 g/mol. The minimum atomic E-state index is -0.424. The normalized spacial score (nSPS) is 13.0. The molecule has 2 aromatic carbocycles. The van der Waals surface area contributed by atoms with Crippen LogP contribution in [0.1, 0.15) is 18.9 Å². The van der Waals surface area contributed by atoms with E-state index < -0.39 is 19.5 Å². The maximum Gasteiger partial charge on any atom is -0.147 e. The maximum atomic E-state index is 6.01. The zero-order valence-corrected chi connectivity index (χ0v) is 15.0. The predicted octanol–water partition coefficient (Wildman–Crippen LogP) is 5.43. The Balaban J connectivity index is 0.00000110. The molecule has 0 saturated carbocycles. The van der Waals surface area contributed by atoms with Crippen molar-refractivity contribution in [1.82, 2.24) is 0 Å². The van der Waals surface area contributed by atoms with E-state index in [1.54, 1.807) is 0 Å². The Labute approximate surface area is 147 Å². The molecule has 0 bridgehead atoms. The summed E-state index contributed by atoms with van der Waals surface area (Å²) < 4.78 is 7.54. The van der Waals surface area contributed by atoms with Gasteiger partial charge in [0.15, 0.2) is 0 Å². The molecule has 110 valence electrons. The van der Waals surface area contributed by atoms with Gasteiger partial charge in [0.25, 0.3) is 0 Å². The van der Waals surface area contributed by atoms with Gasteiger partial charge in [-0.2, -0.15) is 0 Å². The van der Waals surface area contributed by atoms with Gasteiger partial charge in [-0.25, -0.2) is 0 Å². The van der Waals surface area contributed by atoms with Crippen LogP contribution in [0, 0.1) is 0 Å². The Hall–Kier alpha value is -0.566. The van der Waals surface area contributed by atoms with Crippen LogP contribution in [-0.2, 0) is 29.5 Å². The molecule has 1 aliphatic rings. The first kappa shape index (κ1) is 18.5. The third-order valence-corrected chi connectivity index (χ3v) is 5.24. The number of halogens is 2. The number of allylic oxidation sites excluding steroid dienone is 4. The first-order valence-electron chi connectivity index (χ1n) is 6.55. The molecule has 0 fully saturated rings. The van der Waals surface area contributed by atoms with Crippen molar-refractivity contribution in [2.75, 3.05) is 0 Å². The average molecular weight is 357 g/mol. The van der Waals surface area contributed by atoms with E-state index in [1.165, 1.54) is 25.8 Å². The summed E-state index contributed by atoms with van der Waals surface area (Å²) in [4.78, 5) is 0. The van der Waals surface area contributed by atoms with Crippen molar-refractivity contribution in [2.45, 2.75) is 20.0 Å². The van der Waals surface area contributed by atoms with E-state index >= 15 is 0 Å². The van der Waals surface area contributed by atoms with E-state index in [1.807, 2.05) is 0 Å². The van der Waals surface area contributed by atoms with Crippen LogP contribution in [0.15, 0.2) is 64.1 Å². The molecule has 21 heavy (non-hydrogen) atoms. The molecule has 4 heteroatoms. The fourth-order valence-corrected chi connectivity index (χ4v) is 3.68. The quantitative estimate of drug-likeness (QED) is 0.663. The van der Waals surface area contributed by atoms with Crippen molar-refractivity contribution < 1.29 is 22.9 Å². The van der Waals surface area contributed by atoms with Crippen molar-refractivity contribution in [1.29, 1.82) is 0 Å². The standard InChI is InChI=1S/C11H9O.C6H7.2ClH.Ti/c12-8-10-6-3-5-9-4-1-2-7-11(9)10;1-6-4-2-3-5-6;;;/h1-7H,8H2;2,4H,3H2,1H3;2*1H;/q-1;;;;+1. The summed E-state index contributed by atoms with van der Waals surface area (Å²) in [5, 5.41) is 2.60. The van der Waals surface area contributed by atoms with E-state index in [2.05, 4.69) is 61.5 Å². The van der Waals surface area contributed by atoms with Gasteiger partial charge in [-0.1, -0.05) is 0 Å². The van der Waals surface area contributed by atoms with Gasteiger partial charge in [-0.05, 0) is 0 Å². The van der Waals surface area contributed by atoms with Gasteiger partial charge in [-0.15, -0.1) is 24.8 Å². The monoisotopic (exact) mass is 356 g/mol. The molecule has 0 radical (unpaired) electrons. The van der Waals surface area contributed by atoms with Gasteiger partial charge in [-0.3, -0.25) is 0 Å². The number of hydrogen-bond acceptors (Lipinski definition) is 1. The number of benzene rings is 2. The van der Waals surface area contributed by atoms with Crippen molar-refractivity contribution in [3.8, 4) is 0 Å². The SMILES string of the molecule is CC1=[C]([Ti][O]Cc2cccc3ccccc23)CC=C1.Cl.Cl. The van der Waals surface area contributed by atoms with Gasteiger partial charge in [0, 0.05) is 0 Å². The molecule has 0 N–H and O–H groups in total. The van der Waals surface area contributed by atoms with Gasteiger partial charge in [0.2, 0.25) is 0 Å². The van der Waals surface area contributed by atoms with Gasteiger partial charge >= 0.3 is 123 Å². The fraction of sp³-hybridized carbons (Fsp3) is 0.176. The van der Waals surface area contributed by atoms with E-state index in [-0.39, 0.29) is 24.8 Å². The van der Waals surface area contributed by atoms with Crippen LogP contribution in [-0.4, -0.2) is 0 Å². The Morgan fingerprint density at radius 3 is 2.57 bits per heavy atom.